The summed E-state index contributed by atoms with van der Waals surface area (Å²) in [6.45, 7) is 2.04. The Morgan fingerprint density at radius 2 is 1.88 bits per heavy atom. The van der Waals surface area contributed by atoms with E-state index in [2.05, 4.69) is 24.3 Å². The zero-order chi connectivity index (χ0) is 12.3. The Morgan fingerprint density at radius 1 is 1.24 bits per heavy atom. The summed E-state index contributed by atoms with van der Waals surface area (Å²) < 4.78 is 13.7. The van der Waals surface area contributed by atoms with E-state index in [1.807, 2.05) is 12.1 Å². The van der Waals surface area contributed by atoms with Crippen LogP contribution in [0.1, 0.15) is 18.4 Å². The molecule has 1 heterocycles. The van der Waals surface area contributed by atoms with Gasteiger partial charge in [0.1, 0.15) is 5.82 Å². The quantitative estimate of drug-likeness (QED) is 0.864. The molecule has 17 heavy (non-hydrogen) atoms. The lowest BCUT2D eigenvalue weighted by molar-refractivity contribution is 0.107. The number of likely N-dealkylation sites (N-methyl/N-ethyl adjacent to an activating group) is 1. The van der Waals surface area contributed by atoms with E-state index in [1.54, 1.807) is 12.1 Å². The minimum absolute atomic E-state index is 0.0766. The monoisotopic (exact) mass is 236 g/mol. The van der Waals surface area contributed by atoms with Crippen LogP contribution in [0.3, 0.4) is 0 Å². The lowest BCUT2D eigenvalue weighted by atomic mass is 9.81. The third-order valence-corrected chi connectivity index (χ3v) is 3.96. The van der Waals surface area contributed by atoms with E-state index in [4.69, 9.17) is 0 Å². The van der Waals surface area contributed by atoms with E-state index in [9.17, 15) is 4.39 Å². The summed E-state index contributed by atoms with van der Waals surface area (Å²) >= 11 is 0. The molecule has 1 saturated heterocycles. The molecular formula is C14H21FN2. The molecule has 0 spiro atoms. The van der Waals surface area contributed by atoms with Crippen molar-refractivity contribution in [1.82, 2.24) is 10.2 Å². The lowest BCUT2D eigenvalue weighted by Crippen LogP contribution is -2.53. The molecule has 0 atom stereocenters. The van der Waals surface area contributed by atoms with Crippen LogP contribution in [0.5, 0.6) is 0 Å². The molecule has 0 amide bonds. The summed E-state index contributed by atoms with van der Waals surface area (Å²) in [4.78, 5) is 2.26. The van der Waals surface area contributed by atoms with Crippen LogP contribution in [0.15, 0.2) is 24.3 Å². The van der Waals surface area contributed by atoms with Crippen LogP contribution in [0, 0.1) is 5.82 Å². The molecule has 0 unspecified atom stereocenters. The molecular weight excluding hydrogens is 215 g/mol. The first kappa shape index (κ1) is 12.5. The Kier molecular flexibility index (Phi) is 3.79. The maximum atomic E-state index is 13.7. The molecule has 1 aromatic rings. The molecule has 2 rings (SSSR count). The third-order valence-electron chi connectivity index (χ3n) is 3.96. The predicted molar refractivity (Wildman–Crippen MR) is 68.6 cm³/mol. The minimum atomic E-state index is -0.0766. The molecule has 0 saturated carbocycles. The van der Waals surface area contributed by atoms with Crippen molar-refractivity contribution in [2.75, 3.05) is 27.2 Å². The Hall–Kier alpha value is -0.930. The van der Waals surface area contributed by atoms with E-state index in [1.165, 1.54) is 0 Å². The number of nitrogens with one attached hydrogen (secondary N) is 1. The average molecular weight is 236 g/mol. The number of hydrogen-bond donors (Lipinski definition) is 1. The molecule has 0 bridgehead atoms. The standard InChI is InChI=1S/C14H21FN2/c1-17(2)14(7-9-16-10-8-14)11-12-5-3-4-6-13(12)15/h3-6,16H,7-11H2,1-2H3. The fourth-order valence-corrected chi connectivity index (χ4v) is 2.67. The zero-order valence-electron chi connectivity index (χ0n) is 10.7. The summed E-state index contributed by atoms with van der Waals surface area (Å²) in [6, 6.07) is 7.13. The first-order chi connectivity index (χ1) is 8.14. The van der Waals surface area contributed by atoms with Crippen LogP contribution >= 0.6 is 0 Å². The maximum Gasteiger partial charge on any atom is 0.126 e. The van der Waals surface area contributed by atoms with Gasteiger partial charge in [0.05, 0.1) is 0 Å². The van der Waals surface area contributed by atoms with Crippen LogP contribution in [0.4, 0.5) is 4.39 Å². The second-order valence-corrected chi connectivity index (χ2v) is 5.14. The van der Waals surface area contributed by atoms with Crippen LogP contribution in [-0.4, -0.2) is 37.6 Å². The molecule has 1 aliphatic heterocycles. The zero-order valence-corrected chi connectivity index (χ0v) is 10.7. The number of halogens is 1. The average Bonchev–Trinajstić information content (AvgIpc) is 2.33. The maximum absolute atomic E-state index is 13.7. The van der Waals surface area contributed by atoms with Crippen molar-refractivity contribution in [1.29, 1.82) is 0 Å². The van der Waals surface area contributed by atoms with Gasteiger partial charge in [0, 0.05) is 5.54 Å². The largest absolute Gasteiger partial charge is 0.317 e. The van der Waals surface area contributed by atoms with Gasteiger partial charge in [-0.25, -0.2) is 4.39 Å². The van der Waals surface area contributed by atoms with Gasteiger partial charge in [0.15, 0.2) is 0 Å². The second kappa shape index (κ2) is 5.15. The molecule has 1 aromatic carbocycles. The van der Waals surface area contributed by atoms with Gasteiger partial charge in [-0.05, 0) is 58.1 Å². The molecule has 1 aliphatic rings. The third kappa shape index (κ3) is 2.67. The number of benzene rings is 1. The van der Waals surface area contributed by atoms with Gasteiger partial charge >= 0.3 is 0 Å². The molecule has 3 heteroatoms. The number of piperidine rings is 1. The van der Waals surface area contributed by atoms with Gasteiger partial charge in [0.25, 0.3) is 0 Å². The Balaban J connectivity index is 2.21. The van der Waals surface area contributed by atoms with Gasteiger partial charge in [-0.15, -0.1) is 0 Å². The number of rotatable bonds is 3. The van der Waals surface area contributed by atoms with Gasteiger partial charge in [-0.2, -0.15) is 0 Å². The Bertz CT molecular complexity index is 370. The van der Waals surface area contributed by atoms with Crippen LogP contribution in [-0.2, 0) is 6.42 Å². The van der Waals surface area contributed by atoms with Gasteiger partial charge in [-0.3, -0.25) is 0 Å². The molecule has 0 radical (unpaired) electrons. The van der Waals surface area contributed by atoms with E-state index < -0.39 is 0 Å². The topological polar surface area (TPSA) is 15.3 Å². The lowest BCUT2D eigenvalue weighted by Gasteiger charge is -2.43. The fraction of sp³-hybridized carbons (Fsp3) is 0.571. The first-order valence-corrected chi connectivity index (χ1v) is 6.26. The van der Waals surface area contributed by atoms with Crippen molar-refractivity contribution in [2.24, 2.45) is 0 Å². The highest BCUT2D eigenvalue weighted by Gasteiger charge is 2.34. The fourth-order valence-electron chi connectivity index (χ4n) is 2.67. The highest BCUT2D eigenvalue weighted by atomic mass is 19.1. The molecule has 1 fully saturated rings. The molecule has 2 nitrogen and oxygen atoms in total. The number of nitrogens with zero attached hydrogens (tertiary/aromatic N) is 1. The first-order valence-electron chi connectivity index (χ1n) is 6.26. The highest BCUT2D eigenvalue weighted by molar-refractivity contribution is 5.20. The molecule has 94 valence electrons. The summed E-state index contributed by atoms with van der Waals surface area (Å²) in [7, 11) is 4.21. The SMILES string of the molecule is CN(C)C1(Cc2ccccc2F)CCNCC1. The van der Waals surface area contributed by atoms with Crippen molar-refractivity contribution < 1.29 is 4.39 Å². The summed E-state index contributed by atoms with van der Waals surface area (Å²) in [5.41, 5.74) is 0.941. The molecule has 0 aliphatic carbocycles. The molecule has 0 aromatic heterocycles. The van der Waals surface area contributed by atoms with Gasteiger partial charge in [-0.1, -0.05) is 18.2 Å². The summed E-state index contributed by atoms with van der Waals surface area (Å²) in [5.74, 6) is -0.0766. The molecule has 1 N–H and O–H groups in total. The summed E-state index contributed by atoms with van der Waals surface area (Å²) in [6.07, 6.45) is 2.96. The summed E-state index contributed by atoms with van der Waals surface area (Å²) in [5, 5.41) is 3.37. The van der Waals surface area contributed by atoms with E-state index in [0.29, 0.717) is 0 Å². The number of hydrogen-bond acceptors (Lipinski definition) is 2. The van der Waals surface area contributed by atoms with E-state index >= 15 is 0 Å². The van der Waals surface area contributed by atoms with Crippen molar-refractivity contribution in [2.45, 2.75) is 24.8 Å². The van der Waals surface area contributed by atoms with Crippen molar-refractivity contribution in [3.8, 4) is 0 Å². The van der Waals surface area contributed by atoms with Gasteiger partial charge < -0.3 is 10.2 Å². The Labute approximate surface area is 103 Å². The highest BCUT2D eigenvalue weighted by Crippen LogP contribution is 2.29. The second-order valence-electron chi connectivity index (χ2n) is 5.14. The predicted octanol–water partition coefficient (Wildman–Crippen LogP) is 2.05. The van der Waals surface area contributed by atoms with E-state index in [-0.39, 0.29) is 11.4 Å². The minimum Gasteiger partial charge on any atom is -0.317 e. The van der Waals surface area contributed by atoms with Crippen LogP contribution in [0.25, 0.3) is 0 Å². The van der Waals surface area contributed by atoms with Crippen molar-refractivity contribution >= 4 is 0 Å². The van der Waals surface area contributed by atoms with Crippen molar-refractivity contribution in [3.63, 3.8) is 0 Å². The van der Waals surface area contributed by atoms with Crippen molar-refractivity contribution in [3.05, 3.63) is 35.6 Å². The van der Waals surface area contributed by atoms with Gasteiger partial charge in [0.2, 0.25) is 0 Å². The smallest absolute Gasteiger partial charge is 0.126 e. The normalized spacial score (nSPS) is 19.5. The van der Waals surface area contributed by atoms with Crippen LogP contribution in [0.2, 0.25) is 0 Å². The van der Waals surface area contributed by atoms with E-state index in [0.717, 1.165) is 37.9 Å². The van der Waals surface area contributed by atoms with Crippen LogP contribution < -0.4 is 5.32 Å². The Morgan fingerprint density at radius 3 is 2.47 bits per heavy atom.